The minimum Gasteiger partial charge on any atom is -0.354 e. The van der Waals surface area contributed by atoms with Gasteiger partial charge < -0.3 is 15.5 Å². The Hall–Kier alpha value is -2.37. The van der Waals surface area contributed by atoms with Gasteiger partial charge in [0.05, 0.1) is 0 Å². The van der Waals surface area contributed by atoms with Gasteiger partial charge in [0.1, 0.15) is 6.04 Å². The van der Waals surface area contributed by atoms with Gasteiger partial charge in [-0.3, -0.25) is 14.4 Å². The lowest BCUT2D eigenvalue weighted by atomic mass is 9.88. The molecular formula is C24H37N3O3. The molecule has 1 aromatic carbocycles. The largest absolute Gasteiger partial charge is 0.354 e. The van der Waals surface area contributed by atoms with Crippen LogP contribution in [0.15, 0.2) is 24.3 Å². The Kier molecular flexibility index (Phi) is 8.88. The molecule has 0 unspecified atom stereocenters. The third kappa shape index (κ3) is 7.15. The van der Waals surface area contributed by atoms with Crippen LogP contribution >= 0.6 is 0 Å². The molecule has 1 heterocycles. The average molecular weight is 416 g/mol. The molecule has 2 N–H and O–H groups in total. The molecule has 0 radical (unpaired) electrons. The highest BCUT2D eigenvalue weighted by atomic mass is 16.2. The Labute approximate surface area is 180 Å². The number of likely N-dealkylation sites (tertiary alicyclic amines) is 1. The van der Waals surface area contributed by atoms with Crippen molar-refractivity contribution in [2.75, 3.05) is 19.6 Å². The number of amides is 3. The minimum atomic E-state index is -0.550. The van der Waals surface area contributed by atoms with Crippen molar-refractivity contribution in [2.24, 2.45) is 17.8 Å². The molecular weight excluding hydrogens is 378 g/mol. The number of nitrogens with zero attached hydrogens (tertiary/aromatic N) is 1. The molecule has 6 heteroatoms. The van der Waals surface area contributed by atoms with Crippen LogP contribution in [0.3, 0.4) is 0 Å². The molecule has 0 saturated carbocycles. The van der Waals surface area contributed by atoms with E-state index in [2.05, 4.69) is 10.6 Å². The molecule has 6 nitrogen and oxygen atoms in total. The van der Waals surface area contributed by atoms with E-state index >= 15 is 0 Å². The molecule has 0 aliphatic carbocycles. The van der Waals surface area contributed by atoms with Crippen molar-refractivity contribution in [1.29, 1.82) is 0 Å². The van der Waals surface area contributed by atoms with Crippen molar-refractivity contribution in [2.45, 2.75) is 59.9 Å². The number of hydrogen-bond donors (Lipinski definition) is 2. The maximum absolute atomic E-state index is 12.8. The number of nitrogens with one attached hydrogen (secondary N) is 2. The van der Waals surface area contributed by atoms with Gasteiger partial charge in [0.25, 0.3) is 5.91 Å². The predicted molar refractivity (Wildman–Crippen MR) is 119 cm³/mol. The zero-order valence-electron chi connectivity index (χ0n) is 19.0. The molecule has 1 saturated heterocycles. The Morgan fingerprint density at radius 3 is 2.30 bits per heavy atom. The molecule has 0 aromatic heterocycles. The summed E-state index contributed by atoms with van der Waals surface area (Å²) in [6, 6.07) is 7.07. The van der Waals surface area contributed by atoms with Crippen LogP contribution in [0.1, 0.15) is 62.9 Å². The molecule has 1 aromatic rings. The SMILES string of the molecule is Cc1cccc(C(=O)N2CCC([C@@H](NC(=O)CC(C)C)C(=O)NCC(C)C)CC2)c1. The fourth-order valence-corrected chi connectivity index (χ4v) is 3.81. The molecule has 2 rings (SSSR count). The van der Waals surface area contributed by atoms with Crippen molar-refractivity contribution >= 4 is 17.7 Å². The molecule has 1 atom stereocenters. The van der Waals surface area contributed by atoms with Crippen LogP contribution in [0.25, 0.3) is 0 Å². The molecule has 30 heavy (non-hydrogen) atoms. The second kappa shape index (κ2) is 11.1. The predicted octanol–water partition coefficient (Wildman–Crippen LogP) is 3.15. The van der Waals surface area contributed by atoms with E-state index in [9.17, 15) is 14.4 Å². The molecule has 1 aliphatic rings. The van der Waals surface area contributed by atoms with Gasteiger partial charge in [0.15, 0.2) is 0 Å². The number of rotatable bonds is 8. The van der Waals surface area contributed by atoms with Crippen molar-refractivity contribution in [3.8, 4) is 0 Å². The Morgan fingerprint density at radius 1 is 1.07 bits per heavy atom. The van der Waals surface area contributed by atoms with E-state index in [-0.39, 0.29) is 29.6 Å². The lowest BCUT2D eigenvalue weighted by Crippen LogP contribution is -2.54. The summed E-state index contributed by atoms with van der Waals surface area (Å²) in [6.07, 6.45) is 1.79. The number of carbonyl (C=O) groups excluding carboxylic acids is 3. The fourth-order valence-electron chi connectivity index (χ4n) is 3.81. The fraction of sp³-hybridized carbons (Fsp3) is 0.625. The minimum absolute atomic E-state index is 0.0230. The van der Waals surface area contributed by atoms with Crippen molar-refractivity contribution in [3.63, 3.8) is 0 Å². The number of carbonyl (C=O) groups is 3. The van der Waals surface area contributed by atoms with Gasteiger partial charge in [-0.25, -0.2) is 0 Å². The summed E-state index contributed by atoms with van der Waals surface area (Å²) in [6.45, 7) is 11.8. The van der Waals surface area contributed by atoms with Crippen molar-refractivity contribution in [1.82, 2.24) is 15.5 Å². The van der Waals surface area contributed by atoms with E-state index < -0.39 is 6.04 Å². The summed E-state index contributed by atoms with van der Waals surface area (Å²) < 4.78 is 0. The normalized spacial score (nSPS) is 15.9. The Morgan fingerprint density at radius 2 is 1.73 bits per heavy atom. The number of piperidine rings is 1. The van der Waals surface area contributed by atoms with Crippen LogP contribution in [0, 0.1) is 24.7 Å². The second-order valence-electron chi connectivity index (χ2n) is 9.28. The third-order valence-corrected chi connectivity index (χ3v) is 5.44. The summed E-state index contributed by atoms with van der Waals surface area (Å²) in [7, 11) is 0. The summed E-state index contributed by atoms with van der Waals surface area (Å²) in [5.41, 5.74) is 1.76. The topological polar surface area (TPSA) is 78.5 Å². The monoisotopic (exact) mass is 415 g/mol. The summed E-state index contributed by atoms with van der Waals surface area (Å²) >= 11 is 0. The maximum Gasteiger partial charge on any atom is 0.253 e. The molecule has 3 amide bonds. The lowest BCUT2D eigenvalue weighted by Gasteiger charge is -2.36. The smallest absolute Gasteiger partial charge is 0.253 e. The highest BCUT2D eigenvalue weighted by Crippen LogP contribution is 2.23. The summed E-state index contributed by atoms with van der Waals surface area (Å²) in [5.74, 6) is 0.418. The van der Waals surface area contributed by atoms with E-state index in [4.69, 9.17) is 0 Å². The maximum atomic E-state index is 12.8. The van der Waals surface area contributed by atoms with Crippen molar-refractivity contribution < 1.29 is 14.4 Å². The Balaban J connectivity index is 2.02. The van der Waals surface area contributed by atoms with Crippen LogP contribution in [-0.2, 0) is 9.59 Å². The first kappa shape index (κ1) is 23.9. The van der Waals surface area contributed by atoms with Crippen LogP contribution in [0.4, 0.5) is 0 Å². The Bertz CT molecular complexity index is 737. The first-order valence-corrected chi connectivity index (χ1v) is 11.1. The first-order valence-electron chi connectivity index (χ1n) is 11.1. The number of hydrogen-bond acceptors (Lipinski definition) is 3. The van der Waals surface area contributed by atoms with Gasteiger partial charge in [0, 0.05) is 31.6 Å². The zero-order valence-corrected chi connectivity index (χ0v) is 19.0. The highest BCUT2D eigenvalue weighted by Gasteiger charge is 2.34. The van der Waals surface area contributed by atoms with Crippen LogP contribution in [0.5, 0.6) is 0 Å². The van der Waals surface area contributed by atoms with E-state index in [0.717, 1.165) is 5.56 Å². The molecule has 166 valence electrons. The summed E-state index contributed by atoms with van der Waals surface area (Å²) in [5, 5.41) is 5.94. The standard InChI is InChI=1S/C24H37N3O3/c1-16(2)13-21(28)26-22(23(29)25-15-17(3)4)19-9-11-27(12-10-19)24(30)20-8-6-7-18(5)14-20/h6-8,14,16-17,19,22H,9-13,15H2,1-5H3,(H,25,29)(H,26,28)/t22-/m1/s1. The van der Waals surface area contributed by atoms with Crippen molar-refractivity contribution in [3.05, 3.63) is 35.4 Å². The highest BCUT2D eigenvalue weighted by molar-refractivity contribution is 5.94. The second-order valence-corrected chi connectivity index (χ2v) is 9.28. The zero-order chi connectivity index (χ0) is 22.3. The van der Waals surface area contributed by atoms with Crippen LogP contribution in [-0.4, -0.2) is 48.3 Å². The molecule has 1 aliphatic heterocycles. The van der Waals surface area contributed by atoms with Gasteiger partial charge in [-0.1, -0.05) is 45.4 Å². The van der Waals surface area contributed by atoms with E-state index in [1.165, 1.54) is 0 Å². The van der Waals surface area contributed by atoms with Gasteiger partial charge >= 0.3 is 0 Å². The average Bonchev–Trinajstić information content (AvgIpc) is 2.69. The van der Waals surface area contributed by atoms with Crippen LogP contribution < -0.4 is 10.6 Å². The van der Waals surface area contributed by atoms with Crippen LogP contribution in [0.2, 0.25) is 0 Å². The van der Waals surface area contributed by atoms with E-state index in [1.54, 1.807) is 0 Å². The van der Waals surface area contributed by atoms with Gasteiger partial charge in [-0.15, -0.1) is 0 Å². The number of aryl methyl sites for hydroxylation is 1. The first-order chi connectivity index (χ1) is 14.2. The lowest BCUT2D eigenvalue weighted by molar-refractivity contribution is -0.131. The van der Waals surface area contributed by atoms with Gasteiger partial charge in [0.2, 0.25) is 11.8 Å². The molecule has 1 fully saturated rings. The summed E-state index contributed by atoms with van der Waals surface area (Å²) in [4.78, 5) is 39.9. The quantitative estimate of drug-likeness (QED) is 0.685. The molecule has 0 bridgehead atoms. The van der Waals surface area contributed by atoms with Gasteiger partial charge in [-0.2, -0.15) is 0 Å². The number of benzene rings is 1. The van der Waals surface area contributed by atoms with E-state index in [0.29, 0.717) is 50.4 Å². The van der Waals surface area contributed by atoms with Gasteiger partial charge in [-0.05, 0) is 49.7 Å². The molecule has 0 spiro atoms. The van der Waals surface area contributed by atoms with E-state index in [1.807, 2.05) is 63.8 Å². The third-order valence-electron chi connectivity index (χ3n) is 5.44.